The molecule has 2 saturated heterocycles. The van der Waals surface area contributed by atoms with Crippen LogP contribution in [0.15, 0.2) is 23.2 Å². The molecule has 166 valence electrons. The minimum Gasteiger partial charge on any atom is -0.378 e. The van der Waals surface area contributed by atoms with Gasteiger partial charge in [0.15, 0.2) is 17.6 Å². The molecule has 1 N–H and O–H groups in total. The van der Waals surface area contributed by atoms with Crippen LogP contribution in [0.4, 0.5) is 8.78 Å². The number of ether oxygens (including phenoxy) is 1. The summed E-state index contributed by atoms with van der Waals surface area (Å²) in [6.45, 7) is 9.17. The van der Waals surface area contributed by atoms with Crippen molar-refractivity contribution in [2.75, 3.05) is 72.1 Å². The van der Waals surface area contributed by atoms with E-state index in [1.165, 1.54) is 6.07 Å². The van der Waals surface area contributed by atoms with Crippen LogP contribution in [0.2, 0.25) is 0 Å². The van der Waals surface area contributed by atoms with E-state index in [9.17, 15) is 13.6 Å². The van der Waals surface area contributed by atoms with Crippen molar-refractivity contribution in [1.29, 1.82) is 0 Å². The maximum Gasteiger partial charge on any atom is 0.236 e. The predicted octanol–water partition coefficient (Wildman–Crippen LogP) is 0.949. The number of carbonyl (C=O) groups excluding carboxylic acids is 1. The number of morpholine rings is 1. The molecule has 2 heterocycles. The Morgan fingerprint density at radius 3 is 2.53 bits per heavy atom. The van der Waals surface area contributed by atoms with E-state index in [4.69, 9.17) is 4.74 Å². The van der Waals surface area contributed by atoms with Gasteiger partial charge in [-0.1, -0.05) is 12.1 Å². The lowest BCUT2D eigenvalue weighted by Gasteiger charge is -2.37. The monoisotopic (exact) mass is 423 g/mol. The lowest BCUT2D eigenvalue weighted by Crippen LogP contribution is -2.55. The standard InChI is InChI=1S/C21H31F2N5O2/c1-2-24-21(25-7-6-17-4-3-5-18(22)20(17)23)28-10-8-26(9-11-28)16-19(29)27-12-14-30-15-13-27/h3-5H,2,6-16H2,1H3,(H,24,25). The molecule has 2 aliphatic rings. The number of nitrogens with zero attached hydrogens (tertiary/aromatic N) is 4. The number of piperazine rings is 1. The first kappa shape index (κ1) is 22.4. The van der Waals surface area contributed by atoms with Gasteiger partial charge in [0.2, 0.25) is 5.91 Å². The Morgan fingerprint density at radius 2 is 1.83 bits per heavy atom. The number of aliphatic imine (C=N–C) groups is 1. The van der Waals surface area contributed by atoms with Gasteiger partial charge in [-0.05, 0) is 25.0 Å². The van der Waals surface area contributed by atoms with Gasteiger partial charge in [0.1, 0.15) is 0 Å². The van der Waals surface area contributed by atoms with Crippen LogP contribution < -0.4 is 5.32 Å². The number of hydrogen-bond acceptors (Lipinski definition) is 4. The average molecular weight is 424 g/mol. The van der Waals surface area contributed by atoms with Gasteiger partial charge in [-0.3, -0.25) is 14.7 Å². The highest BCUT2D eigenvalue weighted by Crippen LogP contribution is 2.12. The molecular weight excluding hydrogens is 392 g/mol. The lowest BCUT2D eigenvalue weighted by atomic mass is 10.1. The number of nitrogens with one attached hydrogen (secondary N) is 1. The minimum atomic E-state index is -0.828. The summed E-state index contributed by atoms with van der Waals surface area (Å²) in [5.41, 5.74) is 0.334. The molecule has 0 spiro atoms. The zero-order valence-electron chi connectivity index (χ0n) is 17.6. The second-order valence-electron chi connectivity index (χ2n) is 7.45. The maximum atomic E-state index is 13.8. The van der Waals surface area contributed by atoms with Crippen molar-refractivity contribution >= 4 is 11.9 Å². The summed E-state index contributed by atoms with van der Waals surface area (Å²) >= 11 is 0. The second kappa shape index (κ2) is 11.2. The molecule has 0 unspecified atom stereocenters. The van der Waals surface area contributed by atoms with Gasteiger partial charge in [-0.2, -0.15) is 0 Å². The third-order valence-corrected chi connectivity index (χ3v) is 5.40. The van der Waals surface area contributed by atoms with Crippen molar-refractivity contribution < 1.29 is 18.3 Å². The highest BCUT2D eigenvalue weighted by Gasteiger charge is 2.24. The number of halogens is 2. The molecule has 1 aromatic rings. The highest BCUT2D eigenvalue weighted by atomic mass is 19.2. The maximum absolute atomic E-state index is 13.8. The Bertz CT molecular complexity index is 732. The normalized spacial score (nSPS) is 18.6. The van der Waals surface area contributed by atoms with Gasteiger partial charge < -0.3 is 19.9 Å². The van der Waals surface area contributed by atoms with Gasteiger partial charge in [-0.25, -0.2) is 8.78 Å². The number of carbonyl (C=O) groups is 1. The van der Waals surface area contributed by atoms with E-state index in [2.05, 4.69) is 20.1 Å². The Balaban J connectivity index is 1.49. The average Bonchev–Trinajstić information content (AvgIpc) is 2.77. The van der Waals surface area contributed by atoms with Crippen molar-refractivity contribution in [2.45, 2.75) is 13.3 Å². The Labute approximate surface area is 176 Å². The van der Waals surface area contributed by atoms with Gasteiger partial charge in [0, 0.05) is 52.4 Å². The van der Waals surface area contributed by atoms with E-state index in [0.29, 0.717) is 51.4 Å². The first-order chi connectivity index (χ1) is 14.6. The SMILES string of the molecule is CCNC(=NCCc1cccc(F)c1F)N1CCN(CC(=O)N2CCOCC2)CC1. The molecule has 3 rings (SSSR count). The molecule has 9 heteroatoms. The van der Waals surface area contributed by atoms with Gasteiger partial charge in [0.05, 0.1) is 19.8 Å². The number of guanidine groups is 1. The number of amides is 1. The first-order valence-corrected chi connectivity index (χ1v) is 10.6. The van der Waals surface area contributed by atoms with E-state index in [-0.39, 0.29) is 5.91 Å². The predicted molar refractivity (Wildman–Crippen MR) is 111 cm³/mol. The quantitative estimate of drug-likeness (QED) is 0.545. The summed E-state index contributed by atoms with van der Waals surface area (Å²) in [4.78, 5) is 23.2. The number of benzene rings is 1. The van der Waals surface area contributed by atoms with Crippen molar-refractivity contribution in [3.8, 4) is 0 Å². The van der Waals surface area contributed by atoms with Crippen LogP contribution in [0, 0.1) is 11.6 Å². The van der Waals surface area contributed by atoms with E-state index in [1.54, 1.807) is 6.07 Å². The summed E-state index contributed by atoms with van der Waals surface area (Å²) in [7, 11) is 0. The van der Waals surface area contributed by atoms with E-state index in [0.717, 1.165) is 44.7 Å². The van der Waals surface area contributed by atoms with Gasteiger partial charge in [0.25, 0.3) is 0 Å². The molecule has 0 aromatic heterocycles. The van der Waals surface area contributed by atoms with Crippen molar-refractivity contribution in [3.05, 3.63) is 35.4 Å². The van der Waals surface area contributed by atoms with Crippen LogP contribution >= 0.6 is 0 Å². The zero-order chi connectivity index (χ0) is 21.3. The van der Waals surface area contributed by atoms with E-state index >= 15 is 0 Å². The summed E-state index contributed by atoms with van der Waals surface area (Å²) in [6, 6.07) is 4.22. The summed E-state index contributed by atoms with van der Waals surface area (Å²) in [5.74, 6) is -0.694. The van der Waals surface area contributed by atoms with E-state index < -0.39 is 11.6 Å². The van der Waals surface area contributed by atoms with Crippen LogP contribution in [0.5, 0.6) is 0 Å². The first-order valence-electron chi connectivity index (χ1n) is 10.6. The Morgan fingerprint density at radius 1 is 1.10 bits per heavy atom. The van der Waals surface area contributed by atoms with E-state index in [1.807, 2.05) is 11.8 Å². The van der Waals surface area contributed by atoms with Crippen LogP contribution in [0.3, 0.4) is 0 Å². The molecule has 2 fully saturated rings. The molecule has 7 nitrogen and oxygen atoms in total. The Hall–Kier alpha value is -2.26. The topological polar surface area (TPSA) is 60.4 Å². The zero-order valence-corrected chi connectivity index (χ0v) is 17.6. The molecular formula is C21H31F2N5O2. The summed E-state index contributed by atoms with van der Waals surface area (Å²) in [5, 5.41) is 3.27. The smallest absolute Gasteiger partial charge is 0.236 e. The fourth-order valence-corrected chi connectivity index (χ4v) is 3.67. The molecule has 0 aliphatic carbocycles. The minimum absolute atomic E-state index is 0.157. The molecule has 1 aromatic carbocycles. The fourth-order valence-electron chi connectivity index (χ4n) is 3.67. The molecule has 0 radical (unpaired) electrons. The van der Waals surface area contributed by atoms with Gasteiger partial charge >= 0.3 is 0 Å². The molecule has 1 amide bonds. The van der Waals surface area contributed by atoms with Crippen molar-refractivity contribution in [1.82, 2.24) is 20.0 Å². The van der Waals surface area contributed by atoms with Crippen LogP contribution in [0.25, 0.3) is 0 Å². The third-order valence-electron chi connectivity index (χ3n) is 5.40. The molecule has 0 bridgehead atoms. The lowest BCUT2D eigenvalue weighted by molar-refractivity contribution is -0.136. The molecule has 0 atom stereocenters. The van der Waals surface area contributed by atoms with Crippen LogP contribution in [-0.2, 0) is 16.0 Å². The fraction of sp³-hybridized carbons (Fsp3) is 0.619. The molecule has 30 heavy (non-hydrogen) atoms. The van der Waals surface area contributed by atoms with Crippen LogP contribution in [-0.4, -0.2) is 98.7 Å². The Kier molecular flexibility index (Phi) is 8.39. The molecule has 0 saturated carbocycles. The number of hydrogen-bond donors (Lipinski definition) is 1. The third kappa shape index (κ3) is 6.12. The second-order valence-corrected chi connectivity index (χ2v) is 7.45. The highest BCUT2D eigenvalue weighted by molar-refractivity contribution is 5.80. The van der Waals surface area contributed by atoms with Crippen molar-refractivity contribution in [2.24, 2.45) is 4.99 Å². The number of rotatable bonds is 6. The largest absolute Gasteiger partial charge is 0.378 e. The summed E-state index contributed by atoms with van der Waals surface area (Å²) < 4.78 is 32.5. The summed E-state index contributed by atoms with van der Waals surface area (Å²) in [6.07, 6.45) is 0.340. The molecule has 2 aliphatic heterocycles. The van der Waals surface area contributed by atoms with Crippen molar-refractivity contribution in [3.63, 3.8) is 0 Å². The van der Waals surface area contributed by atoms with Crippen LogP contribution in [0.1, 0.15) is 12.5 Å². The van der Waals surface area contributed by atoms with Gasteiger partial charge in [-0.15, -0.1) is 0 Å².